The first-order chi connectivity index (χ1) is 10.3. The van der Waals surface area contributed by atoms with Crippen LogP contribution in [0.3, 0.4) is 0 Å². The molecule has 0 N–H and O–H groups in total. The first-order valence-corrected chi connectivity index (χ1v) is 8.86. The highest BCUT2D eigenvalue weighted by Crippen LogP contribution is 2.40. The molecule has 3 fully saturated rings. The van der Waals surface area contributed by atoms with Gasteiger partial charge < -0.3 is 0 Å². The van der Waals surface area contributed by atoms with Crippen molar-refractivity contribution in [3.05, 3.63) is 35.9 Å². The highest BCUT2D eigenvalue weighted by atomic mass is 15.3. The van der Waals surface area contributed by atoms with E-state index in [-0.39, 0.29) is 0 Å². The van der Waals surface area contributed by atoms with E-state index in [0.717, 1.165) is 18.0 Å². The van der Waals surface area contributed by atoms with Gasteiger partial charge in [-0.1, -0.05) is 43.7 Å². The molecule has 2 saturated heterocycles. The van der Waals surface area contributed by atoms with Crippen molar-refractivity contribution in [2.45, 2.75) is 57.2 Å². The molecule has 4 rings (SSSR count). The van der Waals surface area contributed by atoms with Crippen LogP contribution in [0.15, 0.2) is 30.3 Å². The monoisotopic (exact) mass is 284 g/mol. The van der Waals surface area contributed by atoms with E-state index in [9.17, 15) is 0 Å². The van der Waals surface area contributed by atoms with Crippen molar-refractivity contribution in [1.82, 2.24) is 9.80 Å². The van der Waals surface area contributed by atoms with Crippen molar-refractivity contribution in [2.75, 3.05) is 19.6 Å². The van der Waals surface area contributed by atoms with Gasteiger partial charge in [-0.05, 0) is 43.7 Å². The van der Waals surface area contributed by atoms with E-state index in [2.05, 4.69) is 47.1 Å². The van der Waals surface area contributed by atoms with E-state index >= 15 is 0 Å². The number of hydrogen-bond donors (Lipinski definition) is 0. The summed E-state index contributed by atoms with van der Waals surface area (Å²) in [4.78, 5) is 5.64. The van der Waals surface area contributed by atoms with Crippen molar-refractivity contribution >= 4 is 0 Å². The lowest BCUT2D eigenvalue weighted by Gasteiger charge is -2.54. The minimum absolute atomic E-state index is 0.623. The molecule has 1 aromatic carbocycles. The lowest BCUT2D eigenvalue weighted by Crippen LogP contribution is -2.60. The van der Waals surface area contributed by atoms with Crippen LogP contribution in [0.4, 0.5) is 0 Å². The second-order valence-electron chi connectivity index (χ2n) is 7.50. The van der Waals surface area contributed by atoms with E-state index in [1.807, 2.05) is 0 Å². The van der Waals surface area contributed by atoms with Gasteiger partial charge in [-0.2, -0.15) is 0 Å². The normalized spacial score (nSPS) is 37.8. The minimum Gasteiger partial charge on any atom is -0.297 e. The highest BCUT2D eigenvalue weighted by Gasteiger charge is 2.41. The molecule has 0 amide bonds. The van der Waals surface area contributed by atoms with Crippen LogP contribution in [0, 0.1) is 5.92 Å². The molecular weight excluding hydrogens is 256 g/mol. The Morgan fingerprint density at radius 1 is 0.952 bits per heavy atom. The van der Waals surface area contributed by atoms with Crippen molar-refractivity contribution in [1.29, 1.82) is 0 Å². The molecule has 2 heteroatoms. The van der Waals surface area contributed by atoms with E-state index in [1.54, 1.807) is 0 Å². The highest BCUT2D eigenvalue weighted by molar-refractivity contribution is 5.21. The molecule has 21 heavy (non-hydrogen) atoms. The molecule has 2 atom stereocenters. The summed E-state index contributed by atoms with van der Waals surface area (Å²) >= 11 is 0. The Morgan fingerprint density at radius 2 is 1.76 bits per heavy atom. The molecule has 2 aliphatic heterocycles. The van der Waals surface area contributed by atoms with Gasteiger partial charge in [-0.25, -0.2) is 0 Å². The Balaban J connectivity index is 1.58. The molecule has 2 heterocycles. The standard InChI is InChI=1S/C19H28N2/c1-15-11-18(12-15)21-13-17-9-5-6-10-20(17)14-19(21)16-7-3-2-4-8-16/h2-4,7-8,15,17-19H,5-6,9-14H2,1H3. The van der Waals surface area contributed by atoms with Crippen molar-refractivity contribution in [2.24, 2.45) is 5.92 Å². The Morgan fingerprint density at radius 3 is 2.52 bits per heavy atom. The molecule has 2 nitrogen and oxygen atoms in total. The van der Waals surface area contributed by atoms with Gasteiger partial charge in [0.05, 0.1) is 0 Å². The van der Waals surface area contributed by atoms with Gasteiger partial charge in [-0.3, -0.25) is 9.80 Å². The number of nitrogens with zero attached hydrogens (tertiary/aromatic N) is 2. The van der Waals surface area contributed by atoms with Gasteiger partial charge in [0.25, 0.3) is 0 Å². The van der Waals surface area contributed by atoms with E-state index in [4.69, 9.17) is 0 Å². The summed E-state index contributed by atoms with van der Waals surface area (Å²) in [5.41, 5.74) is 1.53. The average Bonchev–Trinajstić information content (AvgIpc) is 2.51. The van der Waals surface area contributed by atoms with Crippen LogP contribution in [-0.2, 0) is 0 Å². The third kappa shape index (κ3) is 2.64. The average molecular weight is 284 g/mol. The summed E-state index contributed by atoms with van der Waals surface area (Å²) in [6.07, 6.45) is 7.08. The summed E-state index contributed by atoms with van der Waals surface area (Å²) in [6.45, 7) is 6.28. The number of hydrogen-bond acceptors (Lipinski definition) is 2. The zero-order chi connectivity index (χ0) is 14.2. The molecule has 0 spiro atoms. The zero-order valence-electron chi connectivity index (χ0n) is 13.2. The minimum atomic E-state index is 0.623. The number of benzene rings is 1. The number of fused-ring (bicyclic) bond motifs is 1. The maximum Gasteiger partial charge on any atom is 0.0478 e. The Labute approximate surface area is 129 Å². The molecule has 3 aliphatic rings. The molecule has 1 aromatic rings. The largest absolute Gasteiger partial charge is 0.297 e. The van der Waals surface area contributed by atoms with Crippen LogP contribution in [0.5, 0.6) is 0 Å². The maximum atomic E-state index is 2.86. The van der Waals surface area contributed by atoms with Gasteiger partial charge >= 0.3 is 0 Å². The van der Waals surface area contributed by atoms with Crippen LogP contribution in [0.1, 0.15) is 50.6 Å². The molecule has 1 saturated carbocycles. The fourth-order valence-electron chi connectivity index (χ4n) is 4.71. The predicted molar refractivity (Wildman–Crippen MR) is 87.3 cm³/mol. The van der Waals surface area contributed by atoms with Gasteiger partial charge in [0, 0.05) is 31.2 Å². The second-order valence-corrected chi connectivity index (χ2v) is 7.50. The number of piperazine rings is 1. The molecule has 0 radical (unpaired) electrons. The smallest absolute Gasteiger partial charge is 0.0478 e. The Bertz CT molecular complexity index is 466. The second kappa shape index (κ2) is 5.73. The van der Waals surface area contributed by atoms with Crippen molar-refractivity contribution < 1.29 is 0 Å². The predicted octanol–water partition coefficient (Wildman–Crippen LogP) is 3.70. The third-order valence-corrected chi connectivity index (χ3v) is 5.98. The maximum absolute atomic E-state index is 2.86. The van der Waals surface area contributed by atoms with Crippen LogP contribution in [0.25, 0.3) is 0 Å². The van der Waals surface area contributed by atoms with Crippen molar-refractivity contribution in [3.63, 3.8) is 0 Å². The SMILES string of the molecule is CC1CC(N2CC3CCCCN3CC2c2ccccc2)C1. The lowest BCUT2D eigenvalue weighted by atomic mass is 9.78. The van der Waals surface area contributed by atoms with Crippen LogP contribution in [-0.4, -0.2) is 41.5 Å². The van der Waals surface area contributed by atoms with Gasteiger partial charge in [-0.15, -0.1) is 0 Å². The molecule has 2 unspecified atom stereocenters. The van der Waals surface area contributed by atoms with Crippen LogP contribution in [0.2, 0.25) is 0 Å². The molecule has 114 valence electrons. The Hall–Kier alpha value is -0.860. The van der Waals surface area contributed by atoms with E-state index in [1.165, 1.54) is 57.3 Å². The molecule has 0 bridgehead atoms. The van der Waals surface area contributed by atoms with Crippen LogP contribution < -0.4 is 0 Å². The summed E-state index contributed by atoms with van der Waals surface area (Å²) in [5.74, 6) is 0.941. The van der Waals surface area contributed by atoms with Gasteiger partial charge in [0.15, 0.2) is 0 Å². The van der Waals surface area contributed by atoms with Gasteiger partial charge in [0.2, 0.25) is 0 Å². The first kappa shape index (κ1) is 13.8. The molecular formula is C19H28N2. The van der Waals surface area contributed by atoms with Crippen LogP contribution >= 0.6 is 0 Å². The third-order valence-electron chi connectivity index (χ3n) is 5.98. The number of rotatable bonds is 2. The van der Waals surface area contributed by atoms with E-state index < -0.39 is 0 Å². The zero-order valence-corrected chi connectivity index (χ0v) is 13.2. The fraction of sp³-hybridized carbons (Fsp3) is 0.684. The topological polar surface area (TPSA) is 6.48 Å². The van der Waals surface area contributed by atoms with Gasteiger partial charge in [0.1, 0.15) is 0 Å². The Kier molecular flexibility index (Phi) is 3.76. The van der Waals surface area contributed by atoms with E-state index in [0.29, 0.717) is 6.04 Å². The van der Waals surface area contributed by atoms with Crippen molar-refractivity contribution in [3.8, 4) is 0 Å². The summed E-state index contributed by atoms with van der Waals surface area (Å²) in [5, 5.41) is 0. The summed E-state index contributed by atoms with van der Waals surface area (Å²) in [6, 6.07) is 13.5. The number of piperidine rings is 1. The summed E-state index contributed by atoms with van der Waals surface area (Å²) < 4.78 is 0. The quantitative estimate of drug-likeness (QED) is 0.817. The first-order valence-electron chi connectivity index (χ1n) is 8.86. The molecule has 1 aliphatic carbocycles. The molecule has 0 aromatic heterocycles. The lowest BCUT2D eigenvalue weighted by molar-refractivity contribution is -0.0454. The fourth-order valence-corrected chi connectivity index (χ4v) is 4.71. The summed E-state index contributed by atoms with van der Waals surface area (Å²) in [7, 11) is 0.